The fraction of sp³-hybridized carbons (Fsp3) is 0.0714. The van der Waals surface area contributed by atoms with Crippen LogP contribution in [0, 0.1) is 0 Å². The Labute approximate surface area is 194 Å². The molecule has 0 amide bonds. The molecule has 0 saturated heterocycles. The van der Waals surface area contributed by atoms with Gasteiger partial charge in [-0.05, 0) is 22.3 Å². The van der Waals surface area contributed by atoms with Gasteiger partial charge >= 0.3 is 7.60 Å². The monoisotopic (exact) mass is 455 g/mol. The second kappa shape index (κ2) is 10.1. The summed E-state index contributed by atoms with van der Waals surface area (Å²) < 4.78 is 11.7. The summed E-state index contributed by atoms with van der Waals surface area (Å²) in [5.74, 6) is 0.976. The largest absolute Gasteiger partial charge is 0.348 e. The lowest BCUT2D eigenvalue weighted by Gasteiger charge is -2.40. The van der Waals surface area contributed by atoms with Gasteiger partial charge < -0.3 is 9.79 Å². The first-order valence-corrected chi connectivity index (χ1v) is 12.4. The summed E-state index contributed by atoms with van der Waals surface area (Å²) in [6.45, 7) is 0. The summed E-state index contributed by atoms with van der Waals surface area (Å²) >= 11 is 0. The Balaban J connectivity index is 1.97. The molecule has 0 aliphatic heterocycles. The minimum Gasteiger partial charge on any atom is -0.321 e. The molecule has 0 radical (unpaired) electrons. The minimum absolute atomic E-state index is 0.473. The zero-order chi connectivity index (χ0) is 23.2. The van der Waals surface area contributed by atoms with E-state index in [0.717, 1.165) is 28.1 Å². The zero-order valence-corrected chi connectivity index (χ0v) is 18.9. The number of benzene rings is 4. The first-order valence-electron chi connectivity index (χ1n) is 10.7. The van der Waals surface area contributed by atoms with Gasteiger partial charge in [0.1, 0.15) is 0 Å². The lowest BCUT2D eigenvalue weighted by molar-refractivity contribution is 0.385. The minimum atomic E-state index is -4.34. The molecular weight excluding hydrogens is 429 g/mol. The Hall–Kier alpha value is -3.27. The second-order valence-electron chi connectivity index (χ2n) is 7.81. The first kappa shape index (κ1) is 22.9. The highest BCUT2D eigenvalue weighted by molar-refractivity contribution is 7.55. The summed E-state index contributed by atoms with van der Waals surface area (Å²) in [7, 11) is -4.34. The van der Waals surface area contributed by atoms with Gasteiger partial charge in [-0.3, -0.25) is 9.88 Å². The molecule has 0 aliphatic carbocycles. The van der Waals surface area contributed by atoms with E-state index in [1.54, 1.807) is 6.08 Å². The summed E-state index contributed by atoms with van der Waals surface area (Å²) in [5.41, 5.74) is 3.19. The normalized spacial score (nSPS) is 13.2. The Morgan fingerprint density at radius 1 is 0.636 bits per heavy atom. The fourth-order valence-corrected chi connectivity index (χ4v) is 4.55. The van der Waals surface area contributed by atoms with E-state index in [1.165, 1.54) is 0 Å². The van der Waals surface area contributed by atoms with Crippen molar-refractivity contribution in [2.75, 3.05) is 0 Å². The molecule has 0 heterocycles. The van der Waals surface area contributed by atoms with Gasteiger partial charge in [0, 0.05) is 5.82 Å². The Kier molecular flexibility index (Phi) is 7.02. The molecule has 4 aromatic rings. The molecule has 1 unspecified atom stereocenters. The van der Waals surface area contributed by atoms with E-state index in [9.17, 15) is 14.4 Å². The Bertz CT molecular complexity index is 1130. The van der Waals surface area contributed by atoms with Crippen LogP contribution in [0.15, 0.2) is 133 Å². The van der Waals surface area contributed by atoms with Crippen molar-refractivity contribution in [1.82, 2.24) is 5.32 Å². The van der Waals surface area contributed by atoms with Crippen LogP contribution in [-0.4, -0.2) is 9.79 Å². The summed E-state index contributed by atoms with van der Waals surface area (Å²) in [4.78, 5) is 19.1. The summed E-state index contributed by atoms with van der Waals surface area (Å²) in [6.07, 6.45) is 1.56. The molecule has 3 N–H and O–H groups in total. The molecular formula is C28H26NO3P. The molecule has 0 spiro atoms. The third kappa shape index (κ3) is 5.39. The van der Waals surface area contributed by atoms with Crippen LogP contribution in [0.4, 0.5) is 0 Å². The van der Waals surface area contributed by atoms with Crippen LogP contribution in [0.2, 0.25) is 0 Å². The Morgan fingerprint density at radius 2 is 1.00 bits per heavy atom. The van der Waals surface area contributed by atoms with Crippen LogP contribution in [-0.2, 0) is 10.1 Å². The Morgan fingerprint density at radius 3 is 1.36 bits per heavy atom. The van der Waals surface area contributed by atoms with E-state index >= 15 is 0 Å². The molecule has 33 heavy (non-hydrogen) atoms. The molecule has 0 bridgehead atoms. The van der Waals surface area contributed by atoms with Crippen LogP contribution in [0.3, 0.4) is 0 Å². The number of hydrogen-bond donors (Lipinski definition) is 3. The van der Waals surface area contributed by atoms with Crippen molar-refractivity contribution in [1.29, 1.82) is 0 Å². The predicted octanol–water partition coefficient (Wildman–Crippen LogP) is 6.00. The lowest BCUT2D eigenvalue weighted by atomic mass is 9.76. The van der Waals surface area contributed by atoms with E-state index in [2.05, 4.69) is 41.7 Å². The van der Waals surface area contributed by atoms with Gasteiger partial charge in [0.15, 0.2) is 0 Å². The zero-order valence-electron chi connectivity index (χ0n) is 18.0. The van der Waals surface area contributed by atoms with Crippen LogP contribution in [0.25, 0.3) is 0 Å². The topological polar surface area (TPSA) is 69.6 Å². The fourth-order valence-electron chi connectivity index (χ4n) is 4.15. The van der Waals surface area contributed by atoms with Crippen LogP contribution in [0.1, 0.15) is 28.3 Å². The molecule has 0 fully saturated rings. The van der Waals surface area contributed by atoms with E-state index in [0.29, 0.717) is 0 Å². The van der Waals surface area contributed by atoms with E-state index in [4.69, 9.17) is 0 Å². The van der Waals surface area contributed by atoms with Gasteiger partial charge in [-0.15, -0.1) is 0 Å². The third-order valence-electron chi connectivity index (χ3n) is 5.62. The second-order valence-corrected chi connectivity index (χ2v) is 9.29. The SMILES string of the molecule is O=P(O)(O)/C=C/C(NC(c1ccccc1)(c1ccccc1)c1ccccc1)c1ccccc1. The van der Waals surface area contributed by atoms with Crippen molar-refractivity contribution in [3.05, 3.63) is 155 Å². The molecule has 5 heteroatoms. The molecule has 4 nitrogen and oxygen atoms in total. The quantitative estimate of drug-likeness (QED) is 0.225. The van der Waals surface area contributed by atoms with Gasteiger partial charge in [-0.1, -0.05) is 127 Å². The van der Waals surface area contributed by atoms with E-state index in [-0.39, 0.29) is 0 Å². The van der Waals surface area contributed by atoms with Gasteiger partial charge in [0.05, 0.1) is 11.6 Å². The predicted molar refractivity (Wildman–Crippen MR) is 133 cm³/mol. The molecule has 166 valence electrons. The molecule has 4 aromatic carbocycles. The summed E-state index contributed by atoms with van der Waals surface area (Å²) in [5, 5.41) is 3.78. The van der Waals surface area contributed by atoms with E-state index in [1.807, 2.05) is 84.9 Å². The maximum absolute atomic E-state index is 11.7. The highest BCUT2D eigenvalue weighted by Gasteiger charge is 2.38. The van der Waals surface area contributed by atoms with Gasteiger partial charge in [0.2, 0.25) is 0 Å². The van der Waals surface area contributed by atoms with Gasteiger partial charge in [-0.25, -0.2) is 0 Å². The van der Waals surface area contributed by atoms with Crippen molar-refractivity contribution in [2.24, 2.45) is 0 Å². The highest BCUT2D eigenvalue weighted by atomic mass is 31.2. The van der Waals surface area contributed by atoms with Crippen LogP contribution >= 0.6 is 7.60 Å². The van der Waals surface area contributed by atoms with Crippen molar-refractivity contribution in [2.45, 2.75) is 11.6 Å². The third-order valence-corrected chi connectivity index (χ3v) is 6.18. The van der Waals surface area contributed by atoms with Gasteiger partial charge in [0.25, 0.3) is 0 Å². The number of nitrogens with one attached hydrogen (secondary N) is 1. The molecule has 4 rings (SSSR count). The average molecular weight is 455 g/mol. The molecule has 0 aliphatic rings. The standard InChI is InChI=1S/C28H26NO3P/c30-33(31,32)22-21-27(23-13-5-1-6-14-23)29-28(24-15-7-2-8-16-24,25-17-9-3-10-18-25)26-19-11-4-12-20-26/h1-22,27,29H,(H2,30,31,32)/b22-21+. The maximum Gasteiger partial charge on any atom is 0.348 e. The van der Waals surface area contributed by atoms with Crippen molar-refractivity contribution >= 4 is 7.60 Å². The highest BCUT2D eigenvalue weighted by Crippen LogP contribution is 2.41. The molecule has 1 atom stereocenters. The number of rotatable bonds is 8. The van der Waals surface area contributed by atoms with Crippen molar-refractivity contribution in [3.8, 4) is 0 Å². The van der Waals surface area contributed by atoms with Crippen LogP contribution in [0.5, 0.6) is 0 Å². The molecule has 0 aromatic heterocycles. The molecule has 0 saturated carbocycles. The van der Waals surface area contributed by atoms with Gasteiger partial charge in [-0.2, -0.15) is 0 Å². The number of hydrogen-bond acceptors (Lipinski definition) is 2. The average Bonchev–Trinajstić information content (AvgIpc) is 2.86. The van der Waals surface area contributed by atoms with Crippen molar-refractivity contribution in [3.63, 3.8) is 0 Å². The lowest BCUT2D eigenvalue weighted by Crippen LogP contribution is -2.46. The van der Waals surface area contributed by atoms with E-state index < -0.39 is 19.2 Å². The first-order chi connectivity index (χ1) is 16.0. The van der Waals surface area contributed by atoms with Crippen LogP contribution < -0.4 is 5.32 Å². The summed E-state index contributed by atoms with van der Waals surface area (Å²) in [6, 6.07) is 39.6. The smallest absolute Gasteiger partial charge is 0.321 e. The van der Waals surface area contributed by atoms with Crippen molar-refractivity contribution < 1.29 is 14.4 Å². The maximum atomic E-state index is 11.7.